The number of rotatable bonds is 2. The van der Waals surface area contributed by atoms with E-state index in [1.165, 1.54) is 18.2 Å². The first-order valence-corrected chi connectivity index (χ1v) is 4.38. The Labute approximate surface area is 87.7 Å². The normalized spacial score (nSPS) is 9.29. The van der Waals surface area contributed by atoms with E-state index in [4.69, 9.17) is 0 Å². The molecule has 14 heavy (non-hydrogen) atoms. The molecule has 0 N–H and O–H groups in total. The van der Waals surface area contributed by atoms with Gasteiger partial charge in [0.25, 0.3) is 5.69 Å². The van der Waals surface area contributed by atoms with Crippen molar-refractivity contribution in [3.05, 3.63) is 32.3 Å². The van der Waals surface area contributed by atoms with E-state index in [-0.39, 0.29) is 15.8 Å². The number of nitro groups is 1. The third-order valence-electron chi connectivity index (χ3n) is 1.65. The third kappa shape index (κ3) is 1.86. The van der Waals surface area contributed by atoms with Crippen LogP contribution in [0.25, 0.3) is 0 Å². The van der Waals surface area contributed by atoms with Gasteiger partial charge < -0.3 is 0 Å². The summed E-state index contributed by atoms with van der Waals surface area (Å²) in [5.74, 6) is 0. The van der Waals surface area contributed by atoms with E-state index in [0.29, 0.717) is 5.56 Å². The molecule has 0 atom stereocenters. The van der Waals surface area contributed by atoms with Crippen LogP contribution in [0.3, 0.4) is 0 Å². The number of aryl methyl sites for hydroxylation is 1. The van der Waals surface area contributed by atoms with Gasteiger partial charge in [-0.15, -0.1) is 0 Å². The van der Waals surface area contributed by atoms with Crippen molar-refractivity contribution in [1.82, 2.24) is 0 Å². The van der Waals surface area contributed by atoms with Crippen molar-refractivity contribution in [1.29, 1.82) is 0 Å². The molecule has 1 rings (SSSR count). The van der Waals surface area contributed by atoms with Crippen LogP contribution in [0.15, 0.2) is 21.6 Å². The molecule has 6 heteroatoms. The number of nitrogens with zero attached hydrogens (tertiary/aromatic N) is 2. The predicted molar refractivity (Wildman–Crippen MR) is 53.3 cm³/mol. The zero-order chi connectivity index (χ0) is 10.7. The summed E-state index contributed by atoms with van der Waals surface area (Å²) >= 11 is 3.02. The standard InChI is InChI=1S/C8H5BrN2O3/c1-5-2-3-6(10-4-12)7(9)8(5)11(13)14/h2-3H,1H3. The Morgan fingerprint density at radius 3 is 2.71 bits per heavy atom. The van der Waals surface area contributed by atoms with Crippen molar-refractivity contribution >= 4 is 33.4 Å². The first-order chi connectivity index (χ1) is 6.57. The van der Waals surface area contributed by atoms with Crippen molar-refractivity contribution in [2.45, 2.75) is 6.92 Å². The number of nitro benzene ring substituents is 1. The Balaban J connectivity index is 3.48. The van der Waals surface area contributed by atoms with Gasteiger partial charge in [-0.05, 0) is 28.9 Å². The fourth-order valence-corrected chi connectivity index (χ4v) is 1.69. The molecule has 0 aliphatic heterocycles. The molecular weight excluding hydrogens is 252 g/mol. The van der Waals surface area contributed by atoms with Gasteiger partial charge in [-0.2, -0.15) is 4.99 Å². The molecule has 72 valence electrons. The number of benzene rings is 1. The molecule has 0 radical (unpaired) electrons. The van der Waals surface area contributed by atoms with Gasteiger partial charge in [0.05, 0.1) is 10.6 Å². The molecule has 0 unspecified atom stereocenters. The van der Waals surface area contributed by atoms with Crippen molar-refractivity contribution in [3.63, 3.8) is 0 Å². The van der Waals surface area contributed by atoms with Gasteiger partial charge in [0.1, 0.15) is 4.47 Å². The maximum atomic E-state index is 10.6. The van der Waals surface area contributed by atoms with Crippen LogP contribution >= 0.6 is 15.9 Å². The zero-order valence-electron chi connectivity index (χ0n) is 7.15. The number of hydrogen-bond donors (Lipinski definition) is 0. The summed E-state index contributed by atoms with van der Waals surface area (Å²) < 4.78 is 0.200. The molecule has 0 fully saturated rings. The summed E-state index contributed by atoms with van der Waals surface area (Å²) in [7, 11) is 0. The molecule has 1 aromatic carbocycles. The molecule has 0 aliphatic carbocycles. The largest absolute Gasteiger partial charge is 0.288 e. The van der Waals surface area contributed by atoms with Gasteiger partial charge in [0, 0.05) is 5.56 Å². The third-order valence-corrected chi connectivity index (χ3v) is 2.43. The fraction of sp³-hybridized carbons (Fsp3) is 0.125. The number of aliphatic imine (C=N–C) groups is 1. The summed E-state index contributed by atoms with van der Waals surface area (Å²) in [6.45, 7) is 1.61. The van der Waals surface area contributed by atoms with Crippen LogP contribution in [0.4, 0.5) is 11.4 Å². The summed E-state index contributed by atoms with van der Waals surface area (Å²) in [4.78, 5) is 23.5. The van der Waals surface area contributed by atoms with Crippen molar-refractivity contribution < 1.29 is 9.72 Å². The second-order valence-corrected chi connectivity index (χ2v) is 3.32. The Morgan fingerprint density at radius 1 is 1.57 bits per heavy atom. The van der Waals surface area contributed by atoms with Crippen molar-refractivity contribution in [3.8, 4) is 0 Å². The topological polar surface area (TPSA) is 72.6 Å². The highest BCUT2D eigenvalue weighted by molar-refractivity contribution is 9.10. The highest BCUT2D eigenvalue weighted by Crippen LogP contribution is 2.36. The molecule has 0 amide bonds. The Bertz CT molecular complexity index is 438. The van der Waals surface area contributed by atoms with Crippen LogP contribution < -0.4 is 0 Å². The second-order valence-electron chi connectivity index (χ2n) is 2.52. The van der Waals surface area contributed by atoms with Gasteiger partial charge in [-0.3, -0.25) is 10.1 Å². The lowest BCUT2D eigenvalue weighted by Gasteiger charge is -2.00. The minimum Gasteiger partial charge on any atom is -0.258 e. The van der Waals surface area contributed by atoms with Crippen LogP contribution in [-0.4, -0.2) is 11.0 Å². The number of carbonyl (C=O) groups excluding carboxylic acids is 1. The van der Waals surface area contributed by atoms with E-state index in [1.807, 2.05) is 0 Å². The van der Waals surface area contributed by atoms with E-state index in [9.17, 15) is 14.9 Å². The van der Waals surface area contributed by atoms with Gasteiger partial charge in [0.15, 0.2) is 0 Å². The minimum absolute atomic E-state index is 0.0819. The lowest BCUT2D eigenvalue weighted by Crippen LogP contribution is -1.92. The first kappa shape index (κ1) is 10.6. The SMILES string of the molecule is Cc1ccc(N=C=O)c(Br)c1[N+](=O)[O-]. The smallest absolute Gasteiger partial charge is 0.258 e. The molecule has 5 nitrogen and oxygen atoms in total. The maximum absolute atomic E-state index is 10.6. The van der Waals surface area contributed by atoms with Crippen LogP contribution in [0.2, 0.25) is 0 Å². The van der Waals surface area contributed by atoms with Gasteiger partial charge in [-0.1, -0.05) is 6.07 Å². The Morgan fingerprint density at radius 2 is 2.21 bits per heavy atom. The summed E-state index contributed by atoms with van der Waals surface area (Å²) in [5.41, 5.74) is 0.630. The van der Waals surface area contributed by atoms with Crippen LogP contribution in [0, 0.1) is 17.0 Å². The molecule has 0 aliphatic rings. The highest BCUT2D eigenvalue weighted by Gasteiger charge is 2.18. The first-order valence-electron chi connectivity index (χ1n) is 3.59. The minimum atomic E-state index is -0.525. The molecule has 0 aromatic heterocycles. The quantitative estimate of drug-likeness (QED) is 0.354. The van der Waals surface area contributed by atoms with Crippen LogP contribution in [0.5, 0.6) is 0 Å². The summed E-state index contributed by atoms with van der Waals surface area (Å²) in [6, 6.07) is 3.04. The van der Waals surface area contributed by atoms with Gasteiger partial charge in [0.2, 0.25) is 6.08 Å². The molecule has 0 saturated heterocycles. The highest BCUT2D eigenvalue weighted by atomic mass is 79.9. The maximum Gasteiger partial charge on any atom is 0.288 e. The number of hydrogen-bond acceptors (Lipinski definition) is 4. The molecule has 0 bridgehead atoms. The average molecular weight is 257 g/mol. The molecule has 0 saturated carbocycles. The average Bonchev–Trinajstić information content (AvgIpc) is 2.10. The van der Waals surface area contributed by atoms with Crippen molar-refractivity contribution in [2.75, 3.05) is 0 Å². The Hall–Kier alpha value is -1.52. The zero-order valence-corrected chi connectivity index (χ0v) is 8.74. The van der Waals surface area contributed by atoms with Gasteiger partial charge >= 0.3 is 0 Å². The Kier molecular flexibility index (Phi) is 3.11. The van der Waals surface area contributed by atoms with Gasteiger partial charge in [-0.25, -0.2) is 4.79 Å². The molecule has 0 spiro atoms. The van der Waals surface area contributed by atoms with E-state index in [2.05, 4.69) is 20.9 Å². The van der Waals surface area contributed by atoms with E-state index in [0.717, 1.165) is 0 Å². The predicted octanol–water partition coefficient (Wildman–Crippen LogP) is 2.63. The van der Waals surface area contributed by atoms with E-state index in [1.54, 1.807) is 6.92 Å². The summed E-state index contributed by atoms with van der Waals surface area (Å²) in [5, 5.41) is 10.6. The molecule has 1 aromatic rings. The molecule has 0 heterocycles. The number of halogens is 1. The van der Waals surface area contributed by atoms with E-state index < -0.39 is 4.92 Å². The monoisotopic (exact) mass is 256 g/mol. The second kappa shape index (κ2) is 4.13. The lowest BCUT2D eigenvalue weighted by atomic mass is 10.2. The van der Waals surface area contributed by atoms with Crippen LogP contribution in [0.1, 0.15) is 5.56 Å². The van der Waals surface area contributed by atoms with Crippen LogP contribution in [-0.2, 0) is 4.79 Å². The van der Waals surface area contributed by atoms with E-state index >= 15 is 0 Å². The fourth-order valence-electron chi connectivity index (χ4n) is 1.01. The number of isocyanates is 1. The van der Waals surface area contributed by atoms with Crippen molar-refractivity contribution in [2.24, 2.45) is 4.99 Å². The lowest BCUT2D eigenvalue weighted by molar-refractivity contribution is -0.386. The summed E-state index contributed by atoms with van der Waals surface area (Å²) in [6.07, 6.45) is 1.33. The molecular formula is C8H5BrN2O3.